The highest BCUT2D eigenvalue weighted by Gasteiger charge is 2.27. The Labute approximate surface area is 339 Å². The largest absolute Gasteiger partial charge is 0.472 e. The van der Waals surface area contributed by atoms with Crippen LogP contribution in [0.15, 0.2) is 12.2 Å². The number of esters is 2. The summed E-state index contributed by atoms with van der Waals surface area (Å²) in [5.74, 6) is -0.798. The van der Waals surface area contributed by atoms with Gasteiger partial charge in [-0.05, 0) is 38.5 Å². The molecule has 0 amide bonds. The van der Waals surface area contributed by atoms with E-state index in [0.717, 1.165) is 51.4 Å². The lowest BCUT2D eigenvalue weighted by molar-refractivity contribution is -0.870. The molecular weight excluding hydrogens is 713 g/mol. The van der Waals surface area contributed by atoms with Crippen LogP contribution in [0, 0.1) is 0 Å². The van der Waals surface area contributed by atoms with Gasteiger partial charge in [-0.25, -0.2) is 4.57 Å². The van der Waals surface area contributed by atoms with E-state index >= 15 is 0 Å². The summed E-state index contributed by atoms with van der Waals surface area (Å²) in [6.45, 7) is 4.43. The van der Waals surface area contributed by atoms with E-state index in [1.165, 1.54) is 128 Å². The third kappa shape index (κ3) is 42.2. The van der Waals surface area contributed by atoms with Crippen molar-refractivity contribution >= 4 is 19.8 Å². The monoisotopic (exact) mass is 803 g/mol. The van der Waals surface area contributed by atoms with Crippen LogP contribution < -0.4 is 0 Å². The predicted octanol–water partition coefficient (Wildman–Crippen LogP) is 13.0. The lowest BCUT2D eigenvalue weighted by atomic mass is 10.0. The molecule has 2 atom stereocenters. The van der Waals surface area contributed by atoms with Crippen molar-refractivity contribution in [3.63, 3.8) is 0 Å². The normalized spacial score (nSPS) is 13.6. The first-order valence-electron chi connectivity index (χ1n) is 22.9. The van der Waals surface area contributed by atoms with Crippen molar-refractivity contribution < 1.29 is 42.1 Å². The van der Waals surface area contributed by atoms with Gasteiger partial charge in [0.25, 0.3) is 0 Å². The zero-order valence-corrected chi connectivity index (χ0v) is 37.6. The number of ether oxygens (including phenoxy) is 2. The van der Waals surface area contributed by atoms with E-state index in [9.17, 15) is 19.0 Å². The van der Waals surface area contributed by atoms with E-state index in [1.54, 1.807) is 0 Å². The second kappa shape index (κ2) is 38.3. The third-order valence-corrected chi connectivity index (χ3v) is 11.0. The number of quaternary nitrogens is 1. The van der Waals surface area contributed by atoms with Gasteiger partial charge in [0.2, 0.25) is 0 Å². The molecular formula is C45H89NO8P+. The maximum atomic E-state index is 12.7. The van der Waals surface area contributed by atoms with Crippen LogP contribution in [-0.4, -0.2) is 74.9 Å². The van der Waals surface area contributed by atoms with Gasteiger partial charge >= 0.3 is 19.8 Å². The number of allylic oxidation sites excluding steroid dienone is 2. The molecule has 326 valence electrons. The predicted molar refractivity (Wildman–Crippen MR) is 229 cm³/mol. The Morgan fingerprint density at radius 2 is 0.927 bits per heavy atom. The Kier molecular flexibility index (Phi) is 37.4. The van der Waals surface area contributed by atoms with Crippen LogP contribution in [0.5, 0.6) is 0 Å². The zero-order valence-electron chi connectivity index (χ0n) is 36.7. The first-order valence-corrected chi connectivity index (χ1v) is 24.4. The topological polar surface area (TPSA) is 108 Å². The van der Waals surface area contributed by atoms with Crippen molar-refractivity contribution in [1.29, 1.82) is 0 Å². The van der Waals surface area contributed by atoms with Crippen molar-refractivity contribution in [3.8, 4) is 0 Å². The number of nitrogens with zero attached hydrogens (tertiary/aromatic N) is 1. The number of carbonyl (C=O) groups excluding carboxylic acids is 2. The van der Waals surface area contributed by atoms with Crippen LogP contribution in [0.2, 0.25) is 0 Å². The molecule has 0 aliphatic heterocycles. The average molecular weight is 803 g/mol. The van der Waals surface area contributed by atoms with Gasteiger partial charge in [0.1, 0.15) is 19.8 Å². The van der Waals surface area contributed by atoms with Crippen LogP contribution in [0.4, 0.5) is 0 Å². The molecule has 10 heteroatoms. The summed E-state index contributed by atoms with van der Waals surface area (Å²) in [6, 6.07) is 0. The van der Waals surface area contributed by atoms with Gasteiger partial charge in [-0.3, -0.25) is 18.6 Å². The molecule has 9 nitrogen and oxygen atoms in total. The number of rotatable bonds is 42. The van der Waals surface area contributed by atoms with E-state index < -0.39 is 26.5 Å². The Morgan fingerprint density at radius 3 is 1.36 bits per heavy atom. The second-order valence-corrected chi connectivity index (χ2v) is 18.2. The third-order valence-electron chi connectivity index (χ3n) is 10.0. The molecule has 1 N–H and O–H groups in total. The molecule has 0 aliphatic rings. The molecule has 55 heavy (non-hydrogen) atoms. The summed E-state index contributed by atoms with van der Waals surface area (Å²) < 4.78 is 34.3. The lowest BCUT2D eigenvalue weighted by Crippen LogP contribution is -2.37. The van der Waals surface area contributed by atoms with Crippen molar-refractivity contribution in [1.82, 2.24) is 0 Å². The summed E-state index contributed by atoms with van der Waals surface area (Å²) in [6.07, 6.45) is 39.7. The van der Waals surface area contributed by atoms with Crippen LogP contribution in [0.1, 0.15) is 213 Å². The number of likely N-dealkylation sites (N-methyl/N-ethyl adjacent to an activating group) is 1. The molecule has 0 aliphatic carbocycles. The van der Waals surface area contributed by atoms with Gasteiger partial charge in [0.05, 0.1) is 27.7 Å². The lowest BCUT2D eigenvalue weighted by Gasteiger charge is -2.24. The average Bonchev–Trinajstić information content (AvgIpc) is 3.13. The van der Waals surface area contributed by atoms with E-state index in [1.807, 2.05) is 21.1 Å². The molecule has 0 saturated heterocycles. The Hall–Kier alpha value is -1.25. The SMILES string of the molecule is CCCCCC/C=C\CCCCCCCC(=O)OC[C@H](COP(=O)(O)OCC[N+](C)(C)C)OC(=O)CCCCCCCCCCCCCCCCCCCC. The fourth-order valence-electron chi connectivity index (χ4n) is 6.42. The number of unbranched alkanes of at least 4 members (excludes halogenated alkanes) is 26. The quantitative estimate of drug-likeness (QED) is 0.0214. The highest BCUT2D eigenvalue weighted by Crippen LogP contribution is 2.43. The van der Waals surface area contributed by atoms with Crippen LogP contribution in [0.25, 0.3) is 0 Å². The van der Waals surface area contributed by atoms with Gasteiger partial charge in [-0.15, -0.1) is 0 Å². The van der Waals surface area contributed by atoms with E-state index in [2.05, 4.69) is 26.0 Å². The number of carbonyl (C=O) groups is 2. The standard InChI is InChI=1S/C45H88NO8P/c1-6-8-10-12-14-16-18-20-21-22-23-24-26-28-30-32-34-36-38-45(48)54-43(42-53-55(49,50)52-40-39-46(3,4)5)41-51-44(47)37-35-33-31-29-27-25-19-17-15-13-11-9-7-2/h17,19,43H,6-16,18,20-42H2,1-5H3/p+1/b19-17-/t43-/m1/s1. The van der Waals surface area contributed by atoms with E-state index in [-0.39, 0.29) is 32.0 Å². The number of hydrogen-bond acceptors (Lipinski definition) is 7. The smallest absolute Gasteiger partial charge is 0.462 e. The number of phosphoric acid groups is 1. The fourth-order valence-corrected chi connectivity index (χ4v) is 7.16. The molecule has 0 aromatic rings. The molecule has 0 aromatic heterocycles. The zero-order chi connectivity index (χ0) is 40.7. The Balaban J connectivity index is 4.29. The minimum atomic E-state index is -4.37. The minimum Gasteiger partial charge on any atom is -0.462 e. The van der Waals surface area contributed by atoms with Crippen molar-refractivity contribution in [3.05, 3.63) is 12.2 Å². The Morgan fingerprint density at radius 1 is 0.545 bits per heavy atom. The summed E-state index contributed by atoms with van der Waals surface area (Å²) in [4.78, 5) is 35.4. The molecule has 0 heterocycles. The summed E-state index contributed by atoms with van der Waals surface area (Å²) in [7, 11) is 1.48. The van der Waals surface area contributed by atoms with Crippen LogP contribution in [-0.2, 0) is 32.7 Å². The highest BCUT2D eigenvalue weighted by atomic mass is 31.2. The maximum absolute atomic E-state index is 12.7. The number of hydrogen-bond donors (Lipinski definition) is 1. The van der Waals surface area contributed by atoms with Gasteiger partial charge in [-0.2, -0.15) is 0 Å². The first kappa shape index (κ1) is 53.8. The highest BCUT2D eigenvalue weighted by molar-refractivity contribution is 7.47. The fraction of sp³-hybridized carbons (Fsp3) is 0.911. The molecule has 0 bridgehead atoms. The van der Waals surface area contributed by atoms with E-state index in [0.29, 0.717) is 17.4 Å². The summed E-state index contributed by atoms with van der Waals surface area (Å²) >= 11 is 0. The maximum Gasteiger partial charge on any atom is 0.472 e. The van der Waals surface area contributed by atoms with Gasteiger partial charge in [0, 0.05) is 12.8 Å². The van der Waals surface area contributed by atoms with Crippen molar-refractivity contribution in [2.45, 2.75) is 219 Å². The van der Waals surface area contributed by atoms with Gasteiger partial charge in [-0.1, -0.05) is 174 Å². The second-order valence-electron chi connectivity index (χ2n) is 16.8. The molecule has 0 fully saturated rings. The van der Waals surface area contributed by atoms with Gasteiger partial charge in [0.15, 0.2) is 6.10 Å². The Bertz CT molecular complexity index is 954. The molecule has 0 spiro atoms. The van der Waals surface area contributed by atoms with Crippen molar-refractivity contribution in [2.75, 3.05) is 47.5 Å². The van der Waals surface area contributed by atoms with E-state index in [4.69, 9.17) is 18.5 Å². The van der Waals surface area contributed by atoms with Crippen LogP contribution >= 0.6 is 7.82 Å². The molecule has 0 aromatic carbocycles. The van der Waals surface area contributed by atoms with Crippen molar-refractivity contribution in [2.24, 2.45) is 0 Å². The van der Waals surface area contributed by atoms with Gasteiger partial charge < -0.3 is 18.9 Å². The minimum absolute atomic E-state index is 0.0336. The molecule has 0 saturated carbocycles. The molecule has 0 radical (unpaired) electrons. The summed E-state index contributed by atoms with van der Waals surface area (Å²) in [5.41, 5.74) is 0. The molecule has 0 rings (SSSR count). The number of phosphoric ester groups is 1. The first-order chi connectivity index (χ1) is 26.5. The summed E-state index contributed by atoms with van der Waals surface area (Å²) in [5, 5.41) is 0. The molecule has 1 unspecified atom stereocenters. The van der Waals surface area contributed by atoms with Crippen LogP contribution in [0.3, 0.4) is 0 Å².